The molecule has 5 nitrogen and oxygen atoms in total. The van der Waals surface area contributed by atoms with E-state index in [2.05, 4.69) is 51.7 Å². The fourth-order valence-corrected chi connectivity index (χ4v) is 5.24. The van der Waals surface area contributed by atoms with E-state index in [1.807, 2.05) is 45.9 Å². The largest absolute Gasteiger partial charge is 0.494 e. The number of carbonyl (C=O) groups is 1. The molecular weight excluding hydrogens is 456 g/mol. The lowest BCUT2D eigenvalue weighted by Gasteiger charge is -2.23. The summed E-state index contributed by atoms with van der Waals surface area (Å²) in [6.45, 7) is 19.8. The molecule has 1 fully saturated rings. The molecule has 1 saturated heterocycles. The van der Waals surface area contributed by atoms with Crippen LogP contribution in [-0.4, -0.2) is 44.7 Å². The fourth-order valence-electron chi connectivity index (χ4n) is 4.52. The first-order chi connectivity index (χ1) is 16.3. The van der Waals surface area contributed by atoms with E-state index in [9.17, 15) is 4.79 Å². The van der Waals surface area contributed by atoms with Crippen molar-refractivity contribution in [3.05, 3.63) is 47.1 Å². The summed E-state index contributed by atoms with van der Waals surface area (Å²) in [6.07, 6.45) is 8.68. The molecule has 1 aromatic rings. The number of hydrogen-bond donors (Lipinski definition) is 0. The minimum Gasteiger partial charge on any atom is -0.494 e. The molecule has 35 heavy (non-hydrogen) atoms. The minimum absolute atomic E-state index is 0.0451. The van der Waals surface area contributed by atoms with Crippen LogP contribution in [0.2, 0.25) is 25.7 Å². The van der Waals surface area contributed by atoms with Crippen LogP contribution in [0.1, 0.15) is 62.5 Å². The molecule has 194 valence electrons. The SMILES string of the molecule is Cc1cc(OCC[Si](C)(C)C)cc2c1C(=O)O[C@@H](C)[C@H](C)/C=C\C(C)[C@H]1OC(C)(C)O[C@H]1CC=C2. The summed E-state index contributed by atoms with van der Waals surface area (Å²) in [4.78, 5) is 13.3. The third-order valence-corrected chi connectivity index (χ3v) is 8.53. The Balaban J connectivity index is 1.96. The van der Waals surface area contributed by atoms with Gasteiger partial charge in [0, 0.05) is 19.9 Å². The van der Waals surface area contributed by atoms with Crippen LogP contribution in [0.4, 0.5) is 0 Å². The second-order valence-electron chi connectivity index (χ2n) is 11.9. The van der Waals surface area contributed by atoms with Crippen LogP contribution in [-0.2, 0) is 14.2 Å². The molecule has 6 heteroatoms. The van der Waals surface area contributed by atoms with E-state index in [1.54, 1.807) is 0 Å². The van der Waals surface area contributed by atoms with E-state index in [-0.39, 0.29) is 36.1 Å². The lowest BCUT2D eigenvalue weighted by molar-refractivity contribution is -0.148. The molecule has 5 atom stereocenters. The molecule has 3 rings (SSSR count). The first kappa shape index (κ1) is 27.7. The Labute approximate surface area is 212 Å². The maximum atomic E-state index is 13.3. The molecule has 0 amide bonds. The zero-order chi connectivity index (χ0) is 26.0. The molecule has 0 N–H and O–H groups in total. The van der Waals surface area contributed by atoms with Crippen LogP contribution in [0.15, 0.2) is 30.4 Å². The molecule has 0 spiro atoms. The third-order valence-electron chi connectivity index (χ3n) is 6.82. The summed E-state index contributed by atoms with van der Waals surface area (Å²) < 4.78 is 24.6. The van der Waals surface area contributed by atoms with Crippen LogP contribution >= 0.6 is 0 Å². The van der Waals surface area contributed by atoms with Gasteiger partial charge in [-0.2, -0.15) is 0 Å². The van der Waals surface area contributed by atoms with Gasteiger partial charge in [-0.25, -0.2) is 4.79 Å². The Hall–Kier alpha value is -1.89. The van der Waals surface area contributed by atoms with Crippen molar-refractivity contribution in [3.8, 4) is 5.75 Å². The van der Waals surface area contributed by atoms with Crippen molar-refractivity contribution < 1.29 is 23.7 Å². The summed E-state index contributed by atoms with van der Waals surface area (Å²) in [5, 5.41) is 0. The normalized spacial score (nSPS) is 30.1. The summed E-state index contributed by atoms with van der Waals surface area (Å²) in [5.41, 5.74) is 2.26. The molecule has 1 aromatic carbocycles. The van der Waals surface area contributed by atoms with Gasteiger partial charge in [0.05, 0.1) is 24.4 Å². The average Bonchev–Trinajstić information content (AvgIpc) is 3.04. The van der Waals surface area contributed by atoms with E-state index in [1.165, 1.54) is 0 Å². The zero-order valence-electron chi connectivity index (χ0n) is 23.0. The minimum atomic E-state index is -1.20. The maximum Gasteiger partial charge on any atom is 0.339 e. The fraction of sp³-hybridized carbons (Fsp3) is 0.621. The maximum absolute atomic E-state index is 13.3. The number of fused-ring (bicyclic) bond motifs is 2. The summed E-state index contributed by atoms with van der Waals surface area (Å²) in [7, 11) is -1.20. The highest BCUT2D eigenvalue weighted by Gasteiger charge is 2.42. The first-order valence-electron chi connectivity index (χ1n) is 12.9. The average molecular weight is 501 g/mol. The van der Waals surface area contributed by atoms with Crippen molar-refractivity contribution >= 4 is 20.1 Å². The summed E-state index contributed by atoms with van der Waals surface area (Å²) in [5.74, 6) is 0.109. The summed E-state index contributed by atoms with van der Waals surface area (Å²) >= 11 is 0. The number of carbonyl (C=O) groups excluding carboxylic acids is 1. The Kier molecular flexibility index (Phi) is 8.72. The first-order valence-corrected chi connectivity index (χ1v) is 16.7. The standard InChI is InChI=1S/C29H44O5Si/c1-19-13-14-20(2)27-25(33-29(5,6)34-27)12-10-11-23-18-24(31-15-16-35(7,8)9)17-21(3)26(23)28(30)32-22(19)4/h10-11,13-14,17-20,22,25,27H,12,15-16H2,1-9H3/b11-10?,14-13-/t19-,20?,22+,25+,27-/m1/s1. The van der Waals surface area contributed by atoms with E-state index in [4.69, 9.17) is 18.9 Å². The van der Waals surface area contributed by atoms with Crippen molar-refractivity contribution in [2.75, 3.05) is 6.61 Å². The van der Waals surface area contributed by atoms with Crippen LogP contribution < -0.4 is 4.74 Å². The predicted octanol–water partition coefficient (Wildman–Crippen LogP) is 7.02. The number of ether oxygens (including phenoxy) is 4. The molecule has 1 unspecified atom stereocenters. The highest BCUT2D eigenvalue weighted by molar-refractivity contribution is 6.76. The van der Waals surface area contributed by atoms with Gasteiger partial charge >= 0.3 is 5.97 Å². The Morgan fingerprint density at radius 3 is 2.43 bits per heavy atom. The van der Waals surface area contributed by atoms with Crippen molar-refractivity contribution in [3.63, 3.8) is 0 Å². The number of rotatable bonds is 4. The molecule has 2 heterocycles. The van der Waals surface area contributed by atoms with Gasteiger partial charge in [0.2, 0.25) is 0 Å². The van der Waals surface area contributed by atoms with Gasteiger partial charge in [-0.1, -0.05) is 57.8 Å². The Morgan fingerprint density at radius 1 is 1.06 bits per heavy atom. The Bertz CT molecular complexity index is 959. The molecule has 0 radical (unpaired) electrons. The van der Waals surface area contributed by atoms with Crippen LogP contribution in [0.25, 0.3) is 6.08 Å². The van der Waals surface area contributed by atoms with E-state index >= 15 is 0 Å². The van der Waals surface area contributed by atoms with Gasteiger partial charge < -0.3 is 18.9 Å². The van der Waals surface area contributed by atoms with Crippen molar-refractivity contribution in [1.82, 2.24) is 0 Å². The van der Waals surface area contributed by atoms with Gasteiger partial charge in [0.15, 0.2) is 5.79 Å². The van der Waals surface area contributed by atoms with Gasteiger partial charge in [-0.05, 0) is 63.4 Å². The number of hydrogen-bond acceptors (Lipinski definition) is 5. The second kappa shape index (κ2) is 11.0. The van der Waals surface area contributed by atoms with Crippen molar-refractivity contribution in [2.45, 2.75) is 97.7 Å². The molecule has 0 bridgehead atoms. The highest BCUT2D eigenvalue weighted by Crippen LogP contribution is 2.35. The highest BCUT2D eigenvalue weighted by atomic mass is 28.3. The third kappa shape index (κ3) is 7.54. The smallest absolute Gasteiger partial charge is 0.339 e. The molecule has 0 aliphatic carbocycles. The molecule has 2 aliphatic rings. The Morgan fingerprint density at radius 2 is 1.74 bits per heavy atom. The van der Waals surface area contributed by atoms with E-state index in [0.29, 0.717) is 18.6 Å². The van der Waals surface area contributed by atoms with Gasteiger partial charge in [0.1, 0.15) is 11.9 Å². The zero-order valence-corrected chi connectivity index (χ0v) is 24.0. The topological polar surface area (TPSA) is 54.0 Å². The second-order valence-corrected chi connectivity index (χ2v) is 17.5. The summed E-state index contributed by atoms with van der Waals surface area (Å²) in [6, 6.07) is 4.99. The number of aryl methyl sites for hydroxylation is 1. The van der Waals surface area contributed by atoms with Gasteiger partial charge in [0.25, 0.3) is 0 Å². The number of benzene rings is 1. The number of esters is 1. The lowest BCUT2D eigenvalue weighted by atomic mass is 9.94. The van der Waals surface area contributed by atoms with Crippen LogP contribution in [0.3, 0.4) is 0 Å². The van der Waals surface area contributed by atoms with Crippen LogP contribution in [0, 0.1) is 18.8 Å². The number of cyclic esters (lactones) is 1. The molecule has 0 aromatic heterocycles. The van der Waals surface area contributed by atoms with E-state index < -0.39 is 13.9 Å². The van der Waals surface area contributed by atoms with Gasteiger partial charge in [-0.3, -0.25) is 0 Å². The van der Waals surface area contributed by atoms with Crippen molar-refractivity contribution in [1.29, 1.82) is 0 Å². The van der Waals surface area contributed by atoms with Crippen molar-refractivity contribution in [2.24, 2.45) is 11.8 Å². The monoisotopic (exact) mass is 500 g/mol. The van der Waals surface area contributed by atoms with E-state index in [0.717, 1.165) is 22.9 Å². The predicted molar refractivity (Wildman–Crippen MR) is 145 cm³/mol. The molecular formula is C29H44O5Si. The van der Waals surface area contributed by atoms with Gasteiger partial charge in [-0.15, -0.1) is 0 Å². The lowest BCUT2D eigenvalue weighted by Crippen LogP contribution is -2.29. The molecule has 2 aliphatic heterocycles. The quantitative estimate of drug-likeness (QED) is 0.252. The molecule has 0 saturated carbocycles. The van der Waals surface area contributed by atoms with Crippen LogP contribution in [0.5, 0.6) is 5.75 Å².